The molecule has 1 fully saturated rings. The van der Waals surface area contributed by atoms with Crippen LogP contribution in [0, 0.1) is 0 Å². The van der Waals surface area contributed by atoms with Crippen LogP contribution in [0.15, 0.2) is 17.1 Å². The lowest BCUT2D eigenvalue weighted by Gasteiger charge is -2.10. The fourth-order valence-electron chi connectivity index (χ4n) is 1.51. The van der Waals surface area contributed by atoms with Gasteiger partial charge >= 0.3 is 0 Å². The van der Waals surface area contributed by atoms with Gasteiger partial charge in [-0.1, -0.05) is 12.2 Å². The molecule has 4 nitrogen and oxygen atoms in total. The van der Waals surface area contributed by atoms with Gasteiger partial charge in [0.2, 0.25) is 0 Å². The fourth-order valence-corrected chi connectivity index (χ4v) is 1.51. The van der Waals surface area contributed by atoms with Gasteiger partial charge in [0, 0.05) is 13.2 Å². The maximum absolute atomic E-state index is 5.66. The fraction of sp³-hybridized carbons (Fsp3) is 0.727. The molecule has 0 saturated carbocycles. The Balaban J connectivity index is 2.07. The third-order valence-electron chi connectivity index (χ3n) is 2.32. The minimum absolute atomic E-state index is 0.409. The molecule has 1 saturated heterocycles. The Labute approximate surface area is 91.6 Å². The van der Waals surface area contributed by atoms with Crippen LogP contribution in [-0.2, 0) is 4.74 Å². The molecule has 1 atom stereocenters. The molecule has 0 aromatic heterocycles. The highest BCUT2D eigenvalue weighted by Gasteiger charge is 2.14. The van der Waals surface area contributed by atoms with Crippen LogP contribution in [-0.4, -0.2) is 31.8 Å². The maximum Gasteiger partial charge on any atom is 0.188 e. The van der Waals surface area contributed by atoms with E-state index >= 15 is 0 Å². The van der Waals surface area contributed by atoms with E-state index in [1.807, 2.05) is 6.92 Å². The first-order chi connectivity index (χ1) is 7.18. The van der Waals surface area contributed by atoms with Crippen LogP contribution in [0.2, 0.25) is 0 Å². The van der Waals surface area contributed by atoms with E-state index in [0.29, 0.717) is 18.6 Å². The Morgan fingerprint density at radius 1 is 1.67 bits per heavy atom. The largest absolute Gasteiger partial charge is 0.378 e. The number of rotatable bonds is 5. The van der Waals surface area contributed by atoms with E-state index in [4.69, 9.17) is 10.5 Å². The minimum atomic E-state index is 0.409. The van der Waals surface area contributed by atoms with Crippen molar-refractivity contribution in [2.24, 2.45) is 10.7 Å². The summed E-state index contributed by atoms with van der Waals surface area (Å²) >= 11 is 0. The monoisotopic (exact) mass is 211 g/mol. The van der Waals surface area contributed by atoms with Gasteiger partial charge in [0.15, 0.2) is 5.96 Å². The van der Waals surface area contributed by atoms with E-state index in [-0.39, 0.29) is 0 Å². The summed E-state index contributed by atoms with van der Waals surface area (Å²) in [5, 5.41) is 3.07. The van der Waals surface area contributed by atoms with Crippen molar-refractivity contribution < 1.29 is 4.74 Å². The van der Waals surface area contributed by atoms with E-state index < -0.39 is 0 Å². The van der Waals surface area contributed by atoms with Gasteiger partial charge in [-0.05, 0) is 26.2 Å². The SMILES string of the molecule is C=C(C)CN=C(N)NCC[C@@H]1CCCO1. The van der Waals surface area contributed by atoms with Gasteiger partial charge in [0.1, 0.15) is 0 Å². The lowest BCUT2D eigenvalue weighted by Crippen LogP contribution is -2.34. The van der Waals surface area contributed by atoms with Gasteiger partial charge in [0.25, 0.3) is 0 Å². The molecule has 0 spiro atoms. The predicted octanol–water partition coefficient (Wildman–Crippen LogP) is 1.04. The number of hydrogen-bond donors (Lipinski definition) is 2. The number of aliphatic imine (C=N–C) groups is 1. The summed E-state index contributed by atoms with van der Waals surface area (Å²) in [6.07, 6.45) is 3.77. The highest BCUT2D eigenvalue weighted by Crippen LogP contribution is 2.14. The smallest absolute Gasteiger partial charge is 0.188 e. The molecule has 0 bridgehead atoms. The van der Waals surface area contributed by atoms with E-state index in [9.17, 15) is 0 Å². The first kappa shape index (κ1) is 12.0. The Morgan fingerprint density at radius 2 is 2.47 bits per heavy atom. The van der Waals surface area contributed by atoms with Crippen molar-refractivity contribution in [1.29, 1.82) is 0 Å². The molecule has 1 aliphatic heterocycles. The van der Waals surface area contributed by atoms with Crippen molar-refractivity contribution in [2.45, 2.75) is 32.3 Å². The van der Waals surface area contributed by atoms with Crippen molar-refractivity contribution >= 4 is 5.96 Å². The molecule has 0 aliphatic carbocycles. The summed E-state index contributed by atoms with van der Waals surface area (Å²) in [4.78, 5) is 4.13. The van der Waals surface area contributed by atoms with Crippen molar-refractivity contribution in [1.82, 2.24) is 5.32 Å². The maximum atomic E-state index is 5.66. The second-order valence-electron chi connectivity index (χ2n) is 4.01. The second-order valence-corrected chi connectivity index (χ2v) is 4.01. The molecule has 3 N–H and O–H groups in total. The third-order valence-corrected chi connectivity index (χ3v) is 2.32. The molecule has 0 amide bonds. The van der Waals surface area contributed by atoms with Crippen molar-refractivity contribution in [2.75, 3.05) is 19.7 Å². The molecule has 1 heterocycles. The quantitative estimate of drug-likeness (QED) is 0.406. The molecule has 4 heteroatoms. The van der Waals surface area contributed by atoms with E-state index in [0.717, 1.165) is 25.1 Å². The zero-order chi connectivity index (χ0) is 11.1. The van der Waals surface area contributed by atoms with Crippen molar-refractivity contribution in [3.05, 3.63) is 12.2 Å². The number of ether oxygens (including phenoxy) is 1. The highest BCUT2D eigenvalue weighted by atomic mass is 16.5. The van der Waals surface area contributed by atoms with Crippen LogP contribution in [0.4, 0.5) is 0 Å². The molecular formula is C11H21N3O. The Kier molecular flexibility index (Phi) is 5.18. The van der Waals surface area contributed by atoms with E-state index in [2.05, 4.69) is 16.9 Å². The average molecular weight is 211 g/mol. The molecule has 0 radical (unpaired) electrons. The van der Waals surface area contributed by atoms with Crippen LogP contribution in [0.3, 0.4) is 0 Å². The van der Waals surface area contributed by atoms with Crippen LogP contribution in [0.1, 0.15) is 26.2 Å². The number of hydrogen-bond acceptors (Lipinski definition) is 2. The van der Waals surface area contributed by atoms with Crippen LogP contribution >= 0.6 is 0 Å². The van der Waals surface area contributed by atoms with E-state index in [1.165, 1.54) is 12.8 Å². The first-order valence-corrected chi connectivity index (χ1v) is 5.48. The van der Waals surface area contributed by atoms with Gasteiger partial charge in [-0.25, -0.2) is 4.99 Å². The molecule has 1 aliphatic rings. The van der Waals surface area contributed by atoms with Gasteiger partial charge < -0.3 is 15.8 Å². The zero-order valence-electron chi connectivity index (χ0n) is 9.46. The normalized spacial score (nSPS) is 21.7. The van der Waals surface area contributed by atoms with Gasteiger partial charge in [-0.15, -0.1) is 0 Å². The Bertz CT molecular complexity index is 232. The highest BCUT2D eigenvalue weighted by molar-refractivity contribution is 5.77. The number of guanidine groups is 1. The summed E-state index contributed by atoms with van der Waals surface area (Å²) in [6, 6.07) is 0. The minimum Gasteiger partial charge on any atom is -0.378 e. The van der Waals surface area contributed by atoms with Gasteiger partial charge in [-0.2, -0.15) is 0 Å². The second kappa shape index (κ2) is 6.45. The van der Waals surface area contributed by atoms with Crippen molar-refractivity contribution in [3.63, 3.8) is 0 Å². The molecule has 0 unspecified atom stereocenters. The Hall–Kier alpha value is -1.03. The van der Waals surface area contributed by atoms with Crippen LogP contribution in [0.5, 0.6) is 0 Å². The summed E-state index contributed by atoms with van der Waals surface area (Å²) in [7, 11) is 0. The van der Waals surface area contributed by atoms with Gasteiger partial charge in [0.05, 0.1) is 12.6 Å². The molecule has 0 aromatic carbocycles. The average Bonchev–Trinajstić information content (AvgIpc) is 2.67. The van der Waals surface area contributed by atoms with Gasteiger partial charge in [-0.3, -0.25) is 0 Å². The van der Waals surface area contributed by atoms with Crippen LogP contribution < -0.4 is 11.1 Å². The summed E-state index contributed by atoms with van der Waals surface area (Å²) in [5.41, 5.74) is 6.68. The number of nitrogens with two attached hydrogens (primary N) is 1. The standard InChI is InChI=1S/C11H21N3O/c1-9(2)8-14-11(12)13-6-5-10-4-3-7-15-10/h10H,1,3-8H2,2H3,(H3,12,13,14)/t10-/m0/s1. The summed E-state index contributed by atoms with van der Waals surface area (Å²) in [6.45, 7) is 8.03. The first-order valence-electron chi connectivity index (χ1n) is 5.48. The Morgan fingerprint density at radius 3 is 3.07 bits per heavy atom. The summed E-state index contributed by atoms with van der Waals surface area (Å²) < 4.78 is 5.50. The molecule has 1 rings (SSSR count). The van der Waals surface area contributed by atoms with Crippen molar-refractivity contribution in [3.8, 4) is 0 Å². The zero-order valence-corrected chi connectivity index (χ0v) is 9.46. The van der Waals surface area contributed by atoms with Crippen LogP contribution in [0.25, 0.3) is 0 Å². The number of nitrogens with one attached hydrogen (secondary N) is 1. The third kappa shape index (κ3) is 5.42. The lowest BCUT2D eigenvalue weighted by molar-refractivity contribution is 0.105. The molecular weight excluding hydrogens is 190 g/mol. The van der Waals surface area contributed by atoms with E-state index in [1.54, 1.807) is 0 Å². The lowest BCUT2D eigenvalue weighted by atomic mass is 10.2. The molecule has 0 aromatic rings. The molecule has 86 valence electrons. The topological polar surface area (TPSA) is 59.6 Å². The number of nitrogens with zero attached hydrogens (tertiary/aromatic N) is 1. The molecule has 15 heavy (non-hydrogen) atoms. The predicted molar refractivity (Wildman–Crippen MR) is 62.9 cm³/mol. The summed E-state index contributed by atoms with van der Waals surface area (Å²) in [5.74, 6) is 0.496.